The number of ether oxygens (including phenoxy) is 1. The van der Waals surface area contributed by atoms with Crippen LogP contribution in [0.2, 0.25) is 0 Å². The summed E-state index contributed by atoms with van der Waals surface area (Å²) in [7, 11) is 5.92. The molecule has 1 atom stereocenters. The van der Waals surface area contributed by atoms with Crippen LogP contribution in [0, 0.1) is 5.92 Å². The molecule has 0 aliphatic rings. The third kappa shape index (κ3) is 11.8. The smallest absolute Gasteiger partial charge is 0.308 e. The van der Waals surface area contributed by atoms with Crippen LogP contribution in [0.25, 0.3) is 0 Å². The van der Waals surface area contributed by atoms with Crippen molar-refractivity contribution in [3.63, 3.8) is 0 Å². The van der Waals surface area contributed by atoms with Gasteiger partial charge in [0, 0.05) is 0 Å². The van der Waals surface area contributed by atoms with Crippen LogP contribution in [0.5, 0.6) is 0 Å². The lowest BCUT2D eigenvalue weighted by atomic mass is 10.2. The van der Waals surface area contributed by atoms with Crippen molar-refractivity contribution >= 4 is 5.97 Å². The number of esters is 1. The maximum Gasteiger partial charge on any atom is 0.308 e. The Labute approximate surface area is 105 Å². The van der Waals surface area contributed by atoms with E-state index < -0.39 is 6.10 Å². The van der Waals surface area contributed by atoms with E-state index >= 15 is 0 Å². The molecule has 0 bridgehead atoms. The summed E-state index contributed by atoms with van der Waals surface area (Å²) in [4.78, 5) is 11.3. The van der Waals surface area contributed by atoms with Gasteiger partial charge in [-0.25, -0.2) is 0 Å². The molecule has 0 heterocycles. The van der Waals surface area contributed by atoms with Gasteiger partial charge in [-0.15, -0.1) is 0 Å². The van der Waals surface area contributed by atoms with Crippen molar-refractivity contribution in [3.05, 3.63) is 0 Å². The molecule has 0 rings (SSSR count). The minimum atomic E-state index is -0.621. The fourth-order valence-corrected chi connectivity index (χ4v) is 1.21. The van der Waals surface area contributed by atoms with E-state index in [0.29, 0.717) is 23.6 Å². The predicted molar refractivity (Wildman–Crippen MR) is 59.3 cm³/mol. The third-order valence-electron chi connectivity index (χ3n) is 1.74. The number of aliphatic hydroxyl groups excluding tert-OH is 1. The van der Waals surface area contributed by atoms with E-state index in [4.69, 9.17) is 4.74 Å². The second kappa shape index (κ2) is 7.87. The van der Waals surface area contributed by atoms with Crippen LogP contribution in [0.3, 0.4) is 0 Å². The van der Waals surface area contributed by atoms with E-state index in [1.165, 1.54) is 0 Å². The summed E-state index contributed by atoms with van der Waals surface area (Å²) < 4.78 is 5.62. The Bertz CT molecular complexity index is 202. The minimum Gasteiger partial charge on any atom is -1.00 e. The van der Waals surface area contributed by atoms with Crippen molar-refractivity contribution < 1.29 is 31.5 Å². The van der Waals surface area contributed by atoms with Crippen LogP contribution < -0.4 is 12.4 Å². The van der Waals surface area contributed by atoms with Crippen LogP contribution in [0.15, 0.2) is 0 Å². The van der Waals surface area contributed by atoms with Gasteiger partial charge < -0.3 is 26.7 Å². The fourth-order valence-electron chi connectivity index (χ4n) is 1.21. The molecular formula is C11H24ClNO3. The minimum absolute atomic E-state index is 0. The summed E-state index contributed by atoms with van der Waals surface area (Å²) in [6, 6.07) is 0. The Morgan fingerprint density at radius 2 is 1.81 bits per heavy atom. The molecule has 0 aliphatic heterocycles. The van der Waals surface area contributed by atoms with Crippen LogP contribution in [-0.2, 0) is 9.53 Å². The Kier molecular flexibility index (Phi) is 8.88. The molecule has 0 aliphatic carbocycles. The number of hydrogen-bond donors (Lipinski definition) is 1. The topological polar surface area (TPSA) is 46.5 Å². The molecule has 0 aromatic rings. The lowest BCUT2D eigenvalue weighted by molar-refractivity contribution is -0.873. The molecule has 0 aromatic carbocycles. The van der Waals surface area contributed by atoms with Gasteiger partial charge in [-0.05, 0) is 5.92 Å². The highest BCUT2D eigenvalue weighted by molar-refractivity contribution is 5.69. The molecule has 4 nitrogen and oxygen atoms in total. The maximum atomic E-state index is 11.3. The quantitative estimate of drug-likeness (QED) is 0.426. The Balaban J connectivity index is 0. The molecule has 0 aromatic heterocycles. The maximum absolute atomic E-state index is 11.3. The number of carbonyl (C=O) groups excluding carboxylic acids is 1. The monoisotopic (exact) mass is 253 g/mol. The van der Waals surface area contributed by atoms with E-state index in [9.17, 15) is 9.90 Å². The second-order valence-electron chi connectivity index (χ2n) is 5.41. The average Bonchev–Trinajstić information content (AvgIpc) is 1.96. The molecule has 16 heavy (non-hydrogen) atoms. The van der Waals surface area contributed by atoms with Crippen molar-refractivity contribution in [2.24, 2.45) is 5.92 Å². The van der Waals surface area contributed by atoms with Crippen LogP contribution in [0.4, 0.5) is 0 Å². The molecule has 0 saturated heterocycles. The number of nitrogens with zero attached hydrogens (tertiary/aromatic N) is 1. The first-order valence-corrected chi connectivity index (χ1v) is 5.35. The van der Waals surface area contributed by atoms with Gasteiger partial charge in [0.15, 0.2) is 0 Å². The highest BCUT2D eigenvalue weighted by Crippen LogP contribution is 2.02. The van der Waals surface area contributed by atoms with Gasteiger partial charge >= 0.3 is 5.97 Å². The van der Waals surface area contributed by atoms with Crippen LogP contribution in [0.1, 0.15) is 20.3 Å². The molecule has 0 fully saturated rings. The standard InChI is InChI=1S/C11H24NO3.ClH/c1-9(2)8-15-11(14)6-10(13)7-12(3,4)5;/h9-10,13H,6-8H2,1-5H3;1H/q+1;/p-1/t10-;/m0./s1. The zero-order chi connectivity index (χ0) is 12.1. The summed E-state index contributed by atoms with van der Waals surface area (Å²) in [5.41, 5.74) is 0. The molecule has 98 valence electrons. The predicted octanol–water partition coefficient (Wildman–Crippen LogP) is -2.35. The number of likely N-dealkylation sites (N-methyl/N-ethyl adjacent to an activating group) is 1. The SMILES string of the molecule is CC(C)COC(=O)C[C@H](O)C[N+](C)(C)C.[Cl-]. The normalized spacial score (nSPS) is 13.2. The molecule has 0 radical (unpaired) electrons. The Morgan fingerprint density at radius 3 is 2.19 bits per heavy atom. The van der Waals surface area contributed by atoms with E-state index in [0.717, 1.165) is 0 Å². The second-order valence-corrected chi connectivity index (χ2v) is 5.41. The van der Waals surface area contributed by atoms with Gasteiger partial charge in [-0.3, -0.25) is 4.79 Å². The highest BCUT2D eigenvalue weighted by Gasteiger charge is 2.19. The first-order valence-electron chi connectivity index (χ1n) is 5.35. The van der Waals surface area contributed by atoms with E-state index in [1.807, 2.05) is 35.0 Å². The number of carbonyl (C=O) groups is 1. The van der Waals surface area contributed by atoms with Gasteiger partial charge in [-0.2, -0.15) is 0 Å². The van der Waals surface area contributed by atoms with Crippen molar-refractivity contribution in [1.29, 1.82) is 0 Å². The summed E-state index contributed by atoms with van der Waals surface area (Å²) in [6.07, 6.45) is -0.535. The molecule has 0 amide bonds. The van der Waals surface area contributed by atoms with E-state index in [1.54, 1.807) is 0 Å². The van der Waals surface area contributed by atoms with E-state index in [2.05, 4.69) is 0 Å². The molecule has 0 saturated carbocycles. The van der Waals surface area contributed by atoms with Gasteiger partial charge in [-0.1, -0.05) is 13.8 Å². The van der Waals surface area contributed by atoms with Crippen molar-refractivity contribution in [2.75, 3.05) is 34.3 Å². The first-order chi connectivity index (χ1) is 6.70. The Morgan fingerprint density at radius 1 is 1.31 bits per heavy atom. The number of hydrogen-bond acceptors (Lipinski definition) is 3. The van der Waals surface area contributed by atoms with Gasteiger partial charge in [0.1, 0.15) is 12.6 Å². The number of rotatable bonds is 6. The molecule has 5 heteroatoms. The molecule has 1 N–H and O–H groups in total. The summed E-state index contributed by atoms with van der Waals surface area (Å²) in [5.74, 6) is 0.0224. The highest BCUT2D eigenvalue weighted by atomic mass is 35.5. The molecule has 0 unspecified atom stereocenters. The van der Waals surface area contributed by atoms with Crippen molar-refractivity contribution in [1.82, 2.24) is 0 Å². The zero-order valence-electron chi connectivity index (χ0n) is 10.9. The largest absolute Gasteiger partial charge is 1.00 e. The van der Waals surface area contributed by atoms with Gasteiger partial charge in [0.05, 0.1) is 34.2 Å². The zero-order valence-corrected chi connectivity index (χ0v) is 11.6. The molecule has 0 spiro atoms. The van der Waals surface area contributed by atoms with Crippen LogP contribution in [-0.4, -0.2) is 56.0 Å². The van der Waals surface area contributed by atoms with Crippen LogP contribution >= 0.6 is 0 Å². The Hall–Kier alpha value is -0.320. The van der Waals surface area contributed by atoms with E-state index in [-0.39, 0.29) is 24.8 Å². The number of quaternary nitrogens is 1. The number of halogens is 1. The van der Waals surface area contributed by atoms with Crippen molar-refractivity contribution in [2.45, 2.75) is 26.4 Å². The molecular weight excluding hydrogens is 230 g/mol. The number of aliphatic hydroxyl groups is 1. The third-order valence-corrected chi connectivity index (χ3v) is 1.74. The lowest BCUT2D eigenvalue weighted by Gasteiger charge is -2.26. The summed E-state index contributed by atoms with van der Waals surface area (Å²) in [6.45, 7) is 4.94. The average molecular weight is 254 g/mol. The van der Waals surface area contributed by atoms with Gasteiger partial charge in [0.25, 0.3) is 0 Å². The first kappa shape index (κ1) is 18.1. The van der Waals surface area contributed by atoms with Gasteiger partial charge in [0.2, 0.25) is 0 Å². The summed E-state index contributed by atoms with van der Waals surface area (Å²) >= 11 is 0. The van der Waals surface area contributed by atoms with Crippen molar-refractivity contribution in [3.8, 4) is 0 Å². The fraction of sp³-hybridized carbons (Fsp3) is 0.909. The lowest BCUT2D eigenvalue weighted by Crippen LogP contribution is -3.00. The summed E-state index contributed by atoms with van der Waals surface area (Å²) in [5, 5.41) is 9.60.